The van der Waals surface area contributed by atoms with Crippen LogP contribution in [0, 0.1) is 13.8 Å². The maximum absolute atomic E-state index is 9.75. The number of hydrogen-bond donors (Lipinski definition) is 3. The van der Waals surface area contributed by atoms with Gasteiger partial charge in [0.2, 0.25) is 0 Å². The maximum Gasteiger partial charge on any atom is 0.158 e. The molecule has 0 amide bonds. The fourth-order valence-electron chi connectivity index (χ4n) is 1.83. The molecule has 88 valence electrons. The highest BCUT2D eigenvalue weighted by atomic mass is 16.3. The minimum Gasteiger partial charge on any atom is -0.508 e. The topological polar surface area (TPSA) is 60.7 Å². The van der Waals surface area contributed by atoms with E-state index in [4.69, 9.17) is 0 Å². The normalized spacial score (nSPS) is 10.5. The smallest absolute Gasteiger partial charge is 0.158 e. The number of benzene rings is 2. The van der Waals surface area contributed by atoms with Crippen molar-refractivity contribution in [3.8, 4) is 28.4 Å². The van der Waals surface area contributed by atoms with Crippen LogP contribution in [0.3, 0.4) is 0 Å². The van der Waals surface area contributed by atoms with E-state index in [0.29, 0.717) is 0 Å². The second-order valence-corrected chi connectivity index (χ2v) is 4.16. The summed E-state index contributed by atoms with van der Waals surface area (Å²) < 4.78 is 0. The third kappa shape index (κ3) is 2.04. The highest BCUT2D eigenvalue weighted by molar-refractivity contribution is 5.72. The van der Waals surface area contributed by atoms with Gasteiger partial charge in [-0.15, -0.1) is 0 Å². The average molecular weight is 230 g/mol. The lowest BCUT2D eigenvalue weighted by Crippen LogP contribution is -1.86. The second-order valence-electron chi connectivity index (χ2n) is 4.16. The molecule has 3 nitrogen and oxygen atoms in total. The van der Waals surface area contributed by atoms with Gasteiger partial charge in [-0.3, -0.25) is 0 Å². The first-order valence-electron chi connectivity index (χ1n) is 5.31. The van der Waals surface area contributed by atoms with Crippen LogP contribution < -0.4 is 0 Å². The molecule has 0 aromatic heterocycles. The Morgan fingerprint density at radius 1 is 0.765 bits per heavy atom. The molecule has 0 aliphatic carbocycles. The van der Waals surface area contributed by atoms with Gasteiger partial charge < -0.3 is 15.3 Å². The number of aromatic hydroxyl groups is 3. The van der Waals surface area contributed by atoms with Crippen LogP contribution in [0.15, 0.2) is 30.3 Å². The van der Waals surface area contributed by atoms with Crippen LogP contribution in [0.2, 0.25) is 0 Å². The van der Waals surface area contributed by atoms with Gasteiger partial charge in [0.05, 0.1) is 0 Å². The van der Waals surface area contributed by atoms with Crippen molar-refractivity contribution in [3.05, 3.63) is 41.5 Å². The maximum atomic E-state index is 9.75. The summed E-state index contributed by atoms with van der Waals surface area (Å²) in [5.41, 5.74) is 3.30. The number of rotatable bonds is 1. The Morgan fingerprint density at radius 2 is 1.47 bits per heavy atom. The SMILES string of the molecule is Cc1cc(O)c(C)c(-c2ccc(O)c(O)c2)c1. The molecule has 0 spiro atoms. The molecule has 0 heterocycles. The van der Waals surface area contributed by atoms with Crippen LogP contribution in [0.4, 0.5) is 0 Å². The molecule has 0 unspecified atom stereocenters. The van der Waals surface area contributed by atoms with Crippen molar-refractivity contribution in [2.45, 2.75) is 13.8 Å². The van der Waals surface area contributed by atoms with Crippen molar-refractivity contribution < 1.29 is 15.3 Å². The third-order valence-electron chi connectivity index (χ3n) is 2.81. The Morgan fingerprint density at radius 3 is 2.12 bits per heavy atom. The molecule has 17 heavy (non-hydrogen) atoms. The third-order valence-corrected chi connectivity index (χ3v) is 2.81. The number of aryl methyl sites for hydroxylation is 1. The molecule has 2 aromatic carbocycles. The number of phenolic OH excluding ortho intramolecular Hbond substituents is 3. The Balaban J connectivity index is 2.64. The van der Waals surface area contributed by atoms with E-state index in [1.807, 2.05) is 19.9 Å². The van der Waals surface area contributed by atoms with E-state index in [9.17, 15) is 15.3 Å². The molecule has 0 bridgehead atoms. The zero-order valence-electron chi connectivity index (χ0n) is 9.73. The van der Waals surface area contributed by atoms with Gasteiger partial charge in [0.25, 0.3) is 0 Å². The van der Waals surface area contributed by atoms with Gasteiger partial charge in [-0.05, 0) is 54.3 Å². The molecule has 3 heteroatoms. The number of hydrogen-bond acceptors (Lipinski definition) is 3. The molecule has 2 rings (SSSR count). The fraction of sp³-hybridized carbons (Fsp3) is 0.143. The molecular weight excluding hydrogens is 216 g/mol. The van der Waals surface area contributed by atoms with E-state index in [1.54, 1.807) is 12.1 Å². The van der Waals surface area contributed by atoms with Gasteiger partial charge in [-0.1, -0.05) is 12.1 Å². The van der Waals surface area contributed by atoms with E-state index >= 15 is 0 Å². The second kappa shape index (κ2) is 4.01. The van der Waals surface area contributed by atoms with Crippen molar-refractivity contribution >= 4 is 0 Å². The lowest BCUT2D eigenvalue weighted by Gasteiger charge is -2.10. The minimum atomic E-state index is -0.164. The predicted molar refractivity (Wildman–Crippen MR) is 66.3 cm³/mol. The van der Waals surface area contributed by atoms with Gasteiger partial charge in [0, 0.05) is 0 Å². The molecule has 3 N–H and O–H groups in total. The molecule has 0 aliphatic heterocycles. The zero-order chi connectivity index (χ0) is 12.6. The van der Waals surface area contributed by atoms with Gasteiger partial charge in [0.1, 0.15) is 5.75 Å². The van der Waals surface area contributed by atoms with Crippen LogP contribution in [-0.2, 0) is 0 Å². The Hall–Kier alpha value is -2.16. The first-order valence-corrected chi connectivity index (χ1v) is 5.31. The van der Waals surface area contributed by atoms with E-state index in [-0.39, 0.29) is 17.2 Å². The first-order chi connectivity index (χ1) is 7.99. The summed E-state index contributed by atoms with van der Waals surface area (Å²) in [6.45, 7) is 3.71. The van der Waals surface area contributed by atoms with Crippen molar-refractivity contribution in [1.29, 1.82) is 0 Å². The molecule has 0 atom stereocenters. The van der Waals surface area contributed by atoms with Crippen molar-refractivity contribution in [1.82, 2.24) is 0 Å². The molecule has 0 saturated heterocycles. The van der Waals surface area contributed by atoms with Gasteiger partial charge in [-0.25, -0.2) is 0 Å². The van der Waals surface area contributed by atoms with E-state index in [1.165, 1.54) is 12.1 Å². The summed E-state index contributed by atoms with van der Waals surface area (Å²) in [6.07, 6.45) is 0. The summed E-state index contributed by atoms with van der Waals surface area (Å²) in [6, 6.07) is 8.25. The monoisotopic (exact) mass is 230 g/mol. The van der Waals surface area contributed by atoms with E-state index in [2.05, 4.69) is 0 Å². The molecular formula is C14H14O3. The average Bonchev–Trinajstić information content (AvgIpc) is 2.27. The van der Waals surface area contributed by atoms with Gasteiger partial charge in [-0.2, -0.15) is 0 Å². The van der Waals surface area contributed by atoms with Crippen molar-refractivity contribution in [2.24, 2.45) is 0 Å². The Kier molecular flexibility index (Phi) is 2.68. The molecule has 2 aromatic rings. The summed E-state index contributed by atoms with van der Waals surface area (Å²) in [4.78, 5) is 0. The molecule has 0 radical (unpaired) electrons. The fourth-order valence-corrected chi connectivity index (χ4v) is 1.83. The van der Waals surface area contributed by atoms with Gasteiger partial charge in [0.15, 0.2) is 11.5 Å². The molecule has 0 aliphatic rings. The standard InChI is InChI=1S/C14H14O3/c1-8-5-11(9(2)13(16)6-8)10-3-4-12(15)14(17)7-10/h3-7,15-17H,1-2H3. The molecule has 0 fully saturated rings. The first kappa shape index (κ1) is 11.3. The van der Waals surface area contributed by atoms with Crippen LogP contribution >= 0.6 is 0 Å². The van der Waals surface area contributed by atoms with Crippen molar-refractivity contribution in [2.75, 3.05) is 0 Å². The van der Waals surface area contributed by atoms with Crippen LogP contribution in [0.5, 0.6) is 17.2 Å². The van der Waals surface area contributed by atoms with E-state index in [0.717, 1.165) is 22.3 Å². The highest BCUT2D eigenvalue weighted by Crippen LogP contribution is 2.35. The van der Waals surface area contributed by atoms with Crippen LogP contribution in [-0.4, -0.2) is 15.3 Å². The lowest BCUT2D eigenvalue weighted by molar-refractivity contribution is 0.404. The van der Waals surface area contributed by atoms with Gasteiger partial charge >= 0.3 is 0 Å². The highest BCUT2D eigenvalue weighted by Gasteiger charge is 2.09. The predicted octanol–water partition coefficient (Wildman–Crippen LogP) is 3.09. The summed E-state index contributed by atoms with van der Waals surface area (Å²) in [5, 5.41) is 28.5. The summed E-state index contributed by atoms with van der Waals surface area (Å²) in [5.74, 6) is -0.0845. The van der Waals surface area contributed by atoms with Crippen molar-refractivity contribution in [3.63, 3.8) is 0 Å². The van der Waals surface area contributed by atoms with Crippen LogP contribution in [0.25, 0.3) is 11.1 Å². The summed E-state index contributed by atoms with van der Waals surface area (Å²) in [7, 11) is 0. The molecule has 0 saturated carbocycles. The van der Waals surface area contributed by atoms with Crippen LogP contribution in [0.1, 0.15) is 11.1 Å². The minimum absolute atomic E-state index is 0.150. The van der Waals surface area contributed by atoms with E-state index < -0.39 is 0 Å². The Labute approximate surface area is 99.6 Å². The quantitative estimate of drug-likeness (QED) is 0.660. The Bertz CT molecular complexity index is 574. The lowest BCUT2D eigenvalue weighted by atomic mass is 9.97. The summed E-state index contributed by atoms with van der Waals surface area (Å²) >= 11 is 0. The number of phenols is 3. The zero-order valence-corrected chi connectivity index (χ0v) is 9.73. The largest absolute Gasteiger partial charge is 0.508 e.